The van der Waals surface area contributed by atoms with Crippen LogP contribution in [0, 0.1) is 0 Å². The summed E-state index contributed by atoms with van der Waals surface area (Å²) in [5, 5.41) is 0. The van der Waals surface area contributed by atoms with Crippen molar-refractivity contribution in [3.05, 3.63) is 52.2 Å². The van der Waals surface area contributed by atoms with Crippen molar-refractivity contribution in [1.82, 2.24) is 14.9 Å². The van der Waals surface area contributed by atoms with E-state index in [1.165, 1.54) is 6.20 Å². The molecule has 1 amide bonds. The third-order valence-corrected chi connectivity index (χ3v) is 5.33. The van der Waals surface area contributed by atoms with Crippen molar-refractivity contribution in [2.75, 3.05) is 31.6 Å². The zero-order valence-corrected chi connectivity index (χ0v) is 15.6. The van der Waals surface area contributed by atoms with Gasteiger partial charge in [-0.25, -0.2) is 4.98 Å². The van der Waals surface area contributed by atoms with Crippen molar-refractivity contribution in [3.63, 3.8) is 0 Å². The standard InChI is InChI=1S/C20H24N4O3/c1-13-12-23(16-5-3-4-6-17(16)27-2)9-10-24(13)20(26)15-11-21-18(14-7-8-14)22-19(15)25/h3-6,11,13-14H,7-10,12H2,1-2H3,(H,21,22,25). The molecule has 1 unspecified atom stereocenters. The van der Waals surface area contributed by atoms with Crippen molar-refractivity contribution >= 4 is 11.6 Å². The Morgan fingerprint density at radius 2 is 2.04 bits per heavy atom. The number of ether oxygens (including phenoxy) is 1. The highest BCUT2D eigenvalue weighted by atomic mass is 16.5. The average molecular weight is 368 g/mol. The lowest BCUT2D eigenvalue weighted by Gasteiger charge is -2.41. The summed E-state index contributed by atoms with van der Waals surface area (Å²) in [5.41, 5.74) is 0.806. The van der Waals surface area contributed by atoms with Gasteiger partial charge in [0.15, 0.2) is 0 Å². The molecule has 1 aliphatic heterocycles. The molecule has 0 radical (unpaired) electrons. The minimum absolute atomic E-state index is 0.0290. The Morgan fingerprint density at radius 3 is 2.70 bits per heavy atom. The maximum absolute atomic E-state index is 12.9. The molecule has 1 saturated heterocycles. The van der Waals surface area contributed by atoms with Gasteiger partial charge in [-0.05, 0) is 31.9 Å². The van der Waals surface area contributed by atoms with Crippen molar-refractivity contribution < 1.29 is 9.53 Å². The number of nitrogens with one attached hydrogen (secondary N) is 1. The van der Waals surface area contributed by atoms with Gasteiger partial charge in [0.2, 0.25) is 0 Å². The molecule has 1 saturated carbocycles. The number of rotatable bonds is 4. The Labute approximate surface area is 158 Å². The number of amides is 1. The van der Waals surface area contributed by atoms with Crippen LogP contribution in [0.4, 0.5) is 5.69 Å². The fourth-order valence-electron chi connectivity index (χ4n) is 3.65. The van der Waals surface area contributed by atoms with E-state index in [-0.39, 0.29) is 23.1 Å². The number of carbonyl (C=O) groups excluding carboxylic acids is 1. The summed E-state index contributed by atoms with van der Waals surface area (Å²) < 4.78 is 5.45. The third kappa shape index (κ3) is 3.41. The van der Waals surface area contributed by atoms with E-state index < -0.39 is 0 Å². The van der Waals surface area contributed by atoms with Gasteiger partial charge in [-0.1, -0.05) is 12.1 Å². The van der Waals surface area contributed by atoms with Gasteiger partial charge in [0.1, 0.15) is 17.1 Å². The van der Waals surface area contributed by atoms with Gasteiger partial charge < -0.3 is 19.5 Å². The third-order valence-electron chi connectivity index (χ3n) is 5.33. The highest BCUT2D eigenvalue weighted by Crippen LogP contribution is 2.37. The van der Waals surface area contributed by atoms with Gasteiger partial charge >= 0.3 is 0 Å². The lowest BCUT2D eigenvalue weighted by Crippen LogP contribution is -2.54. The van der Waals surface area contributed by atoms with Gasteiger partial charge in [0, 0.05) is 37.8 Å². The average Bonchev–Trinajstić information content (AvgIpc) is 3.52. The van der Waals surface area contributed by atoms with Crippen LogP contribution in [-0.2, 0) is 0 Å². The first-order valence-corrected chi connectivity index (χ1v) is 9.36. The van der Waals surface area contributed by atoms with Crippen molar-refractivity contribution in [2.45, 2.75) is 31.7 Å². The van der Waals surface area contributed by atoms with Gasteiger partial charge in [0.25, 0.3) is 11.5 Å². The Kier molecular flexibility index (Phi) is 4.59. The normalized spacial score (nSPS) is 19.9. The Hall–Kier alpha value is -2.83. The van der Waals surface area contributed by atoms with E-state index in [2.05, 4.69) is 14.9 Å². The first kappa shape index (κ1) is 17.6. The summed E-state index contributed by atoms with van der Waals surface area (Å²) in [6.07, 6.45) is 3.55. The summed E-state index contributed by atoms with van der Waals surface area (Å²) in [6, 6.07) is 7.85. The number of nitrogens with zero attached hydrogens (tertiary/aromatic N) is 3. The Bertz CT molecular complexity index is 906. The maximum Gasteiger partial charge on any atom is 0.263 e. The molecule has 4 rings (SSSR count). The summed E-state index contributed by atoms with van der Waals surface area (Å²) in [6.45, 7) is 3.90. The molecule has 1 aromatic carbocycles. The predicted molar refractivity (Wildman–Crippen MR) is 103 cm³/mol. The maximum atomic E-state index is 12.9. The summed E-state index contributed by atoms with van der Waals surface area (Å²) in [7, 11) is 1.66. The van der Waals surface area contributed by atoms with Crippen LogP contribution in [0.25, 0.3) is 0 Å². The molecule has 2 heterocycles. The summed E-state index contributed by atoms with van der Waals surface area (Å²) in [4.78, 5) is 36.3. The summed E-state index contributed by atoms with van der Waals surface area (Å²) >= 11 is 0. The number of anilines is 1. The highest BCUT2D eigenvalue weighted by Gasteiger charge is 2.31. The quantitative estimate of drug-likeness (QED) is 0.893. The second-order valence-corrected chi connectivity index (χ2v) is 7.25. The number of methoxy groups -OCH3 is 1. The van der Waals surface area contributed by atoms with Crippen LogP contribution in [0.15, 0.2) is 35.3 Å². The van der Waals surface area contributed by atoms with E-state index in [0.29, 0.717) is 31.4 Å². The smallest absolute Gasteiger partial charge is 0.263 e. The first-order valence-electron chi connectivity index (χ1n) is 9.36. The number of H-pyrrole nitrogens is 1. The van der Waals surface area contributed by atoms with Crippen LogP contribution in [0.2, 0.25) is 0 Å². The molecule has 1 aromatic heterocycles. The van der Waals surface area contributed by atoms with Crippen LogP contribution >= 0.6 is 0 Å². The Morgan fingerprint density at radius 1 is 1.26 bits per heavy atom. The van der Waals surface area contributed by atoms with E-state index >= 15 is 0 Å². The summed E-state index contributed by atoms with van der Waals surface area (Å²) in [5.74, 6) is 1.62. The number of aromatic nitrogens is 2. The second kappa shape index (κ2) is 7.06. The number of hydrogen-bond acceptors (Lipinski definition) is 5. The van der Waals surface area contributed by atoms with Crippen molar-refractivity contribution in [3.8, 4) is 5.75 Å². The largest absolute Gasteiger partial charge is 0.495 e. The van der Waals surface area contributed by atoms with Crippen molar-refractivity contribution in [2.24, 2.45) is 0 Å². The van der Waals surface area contributed by atoms with E-state index in [4.69, 9.17) is 4.74 Å². The Balaban J connectivity index is 1.50. The molecule has 2 aromatic rings. The van der Waals surface area contributed by atoms with Crippen LogP contribution in [0.5, 0.6) is 5.75 Å². The minimum Gasteiger partial charge on any atom is -0.495 e. The van der Waals surface area contributed by atoms with Gasteiger partial charge in [-0.15, -0.1) is 0 Å². The van der Waals surface area contributed by atoms with Gasteiger partial charge in [-0.2, -0.15) is 0 Å². The van der Waals surface area contributed by atoms with Crippen LogP contribution in [-0.4, -0.2) is 53.6 Å². The zero-order chi connectivity index (χ0) is 19.0. The lowest BCUT2D eigenvalue weighted by molar-refractivity contribution is 0.0671. The molecule has 7 nitrogen and oxygen atoms in total. The van der Waals surface area contributed by atoms with Crippen LogP contribution in [0.3, 0.4) is 0 Å². The number of aromatic amines is 1. The monoisotopic (exact) mass is 368 g/mol. The molecule has 0 spiro atoms. The highest BCUT2D eigenvalue weighted by molar-refractivity contribution is 5.94. The SMILES string of the molecule is COc1ccccc1N1CCN(C(=O)c2cnc(C3CC3)[nH]c2=O)C(C)C1. The van der Waals surface area contributed by atoms with E-state index in [1.54, 1.807) is 12.0 Å². The number of carbonyl (C=O) groups is 1. The molecule has 2 aliphatic rings. The molecular formula is C20H24N4O3. The molecular weight excluding hydrogens is 344 g/mol. The molecule has 2 fully saturated rings. The molecule has 1 N–H and O–H groups in total. The fourth-order valence-corrected chi connectivity index (χ4v) is 3.65. The zero-order valence-electron chi connectivity index (χ0n) is 15.6. The molecule has 1 aliphatic carbocycles. The molecule has 1 atom stereocenters. The molecule has 27 heavy (non-hydrogen) atoms. The number of benzene rings is 1. The fraction of sp³-hybridized carbons (Fsp3) is 0.450. The molecule has 142 valence electrons. The lowest BCUT2D eigenvalue weighted by atomic mass is 10.1. The second-order valence-electron chi connectivity index (χ2n) is 7.25. The van der Waals surface area contributed by atoms with Crippen molar-refractivity contribution in [1.29, 1.82) is 0 Å². The number of hydrogen-bond donors (Lipinski definition) is 1. The number of para-hydroxylation sites is 2. The van der Waals surface area contributed by atoms with Crippen LogP contribution in [0.1, 0.15) is 41.9 Å². The minimum atomic E-state index is -0.337. The van der Waals surface area contributed by atoms with E-state index in [1.807, 2.05) is 31.2 Å². The van der Waals surface area contributed by atoms with Gasteiger partial charge in [-0.3, -0.25) is 9.59 Å². The predicted octanol–water partition coefficient (Wildman–Crippen LogP) is 2.01. The molecule has 7 heteroatoms. The van der Waals surface area contributed by atoms with E-state index in [9.17, 15) is 9.59 Å². The van der Waals surface area contributed by atoms with Gasteiger partial charge in [0.05, 0.1) is 12.8 Å². The van der Waals surface area contributed by atoms with E-state index in [0.717, 1.165) is 24.3 Å². The topological polar surface area (TPSA) is 78.5 Å². The first-order chi connectivity index (χ1) is 13.1. The number of piperazine rings is 1. The molecule has 0 bridgehead atoms. The van der Waals surface area contributed by atoms with Crippen LogP contribution < -0.4 is 15.2 Å².